The van der Waals surface area contributed by atoms with Gasteiger partial charge in [0.05, 0.1) is 27.6 Å². The minimum absolute atomic E-state index is 0. The standard InChI is InChI=1S/C19H14N2O8S2.2K/c20-17-12-6-11(30(24,25)26)7-13-16(12)14(8-15(17)31(27,28)29)19(23)21(18(13)22)9-10-4-2-1-3-5-10;;/h1-8H,9,20H2,(H,24,25,26)(H,27,28,29);;/q;2*+1/p-2. The van der Waals surface area contributed by atoms with Crippen LogP contribution in [0.1, 0.15) is 26.3 Å². The molecule has 1 aliphatic rings. The van der Waals surface area contributed by atoms with E-state index in [0.29, 0.717) is 5.56 Å². The largest absolute Gasteiger partial charge is 1.00 e. The number of benzene rings is 3. The molecule has 0 saturated carbocycles. The Labute approximate surface area is 274 Å². The number of hydrogen-bond donors (Lipinski definition) is 1. The van der Waals surface area contributed by atoms with Crippen LogP contribution in [0, 0.1) is 0 Å². The van der Waals surface area contributed by atoms with Gasteiger partial charge in [-0.15, -0.1) is 0 Å². The molecular weight excluding hydrogens is 527 g/mol. The number of nitrogens with zero attached hydrogens (tertiary/aromatic N) is 1. The van der Waals surface area contributed by atoms with Gasteiger partial charge in [0.2, 0.25) is 0 Å². The molecule has 2 amide bonds. The Morgan fingerprint density at radius 3 is 1.88 bits per heavy atom. The minimum atomic E-state index is -5.17. The van der Waals surface area contributed by atoms with Crippen molar-refractivity contribution in [2.75, 3.05) is 5.73 Å². The first kappa shape index (κ1) is 29.2. The van der Waals surface area contributed by atoms with E-state index in [1.807, 2.05) is 0 Å². The maximum Gasteiger partial charge on any atom is 1.00 e. The van der Waals surface area contributed by atoms with Gasteiger partial charge in [0, 0.05) is 16.3 Å². The number of rotatable bonds is 4. The molecule has 14 heteroatoms. The second-order valence-corrected chi connectivity index (χ2v) is 9.55. The topological polar surface area (TPSA) is 178 Å². The van der Waals surface area contributed by atoms with Crippen LogP contribution in [0.5, 0.6) is 0 Å². The van der Waals surface area contributed by atoms with E-state index in [2.05, 4.69) is 0 Å². The number of imide groups is 1. The van der Waals surface area contributed by atoms with Gasteiger partial charge in [-0.25, -0.2) is 16.8 Å². The number of hydrogen-bond acceptors (Lipinski definition) is 9. The summed E-state index contributed by atoms with van der Waals surface area (Å²) in [7, 11) is -10.2. The first-order chi connectivity index (χ1) is 14.4. The summed E-state index contributed by atoms with van der Waals surface area (Å²) in [5, 5.41) is -0.489. The number of carbonyl (C=O) groups excluding carboxylic acids is 2. The van der Waals surface area contributed by atoms with Gasteiger partial charge < -0.3 is 14.8 Å². The van der Waals surface area contributed by atoms with Crippen LogP contribution >= 0.6 is 0 Å². The molecule has 0 bridgehead atoms. The van der Waals surface area contributed by atoms with Crippen LogP contribution in [0.3, 0.4) is 0 Å². The zero-order chi connectivity index (χ0) is 22.7. The van der Waals surface area contributed by atoms with E-state index in [1.165, 1.54) is 0 Å². The molecule has 0 saturated heterocycles. The Bertz CT molecular complexity index is 1490. The quantitative estimate of drug-likeness (QED) is 0.147. The van der Waals surface area contributed by atoms with Crippen molar-refractivity contribution < 1.29 is 138 Å². The van der Waals surface area contributed by atoms with Crippen molar-refractivity contribution >= 4 is 48.5 Å². The molecule has 0 fully saturated rings. The fourth-order valence-corrected chi connectivity index (χ4v) is 4.68. The minimum Gasteiger partial charge on any atom is -0.744 e. The van der Waals surface area contributed by atoms with Gasteiger partial charge in [-0.2, -0.15) is 0 Å². The van der Waals surface area contributed by atoms with E-state index in [-0.39, 0.29) is 131 Å². The molecule has 10 nitrogen and oxygen atoms in total. The Kier molecular flexibility index (Phi) is 9.30. The average molecular weight is 539 g/mol. The summed E-state index contributed by atoms with van der Waals surface area (Å²) in [6.45, 7) is -0.211. The van der Waals surface area contributed by atoms with E-state index < -0.39 is 47.5 Å². The van der Waals surface area contributed by atoms with Crippen LogP contribution in [-0.4, -0.2) is 42.7 Å². The van der Waals surface area contributed by atoms with Crippen molar-refractivity contribution in [3.63, 3.8) is 0 Å². The van der Waals surface area contributed by atoms with Crippen molar-refractivity contribution in [2.45, 2.75) is 16.3 Å². The summed E-state index contributed by atoms with van der Waals surface area (Å²) in [6.07, 6.45) is 0. The third-order valence-corrected chi connectivity index (χ3v) is 6.59. The summed E-state index contributed by atoms with van der Waals surface area (Å²) in [4.78, 5) is 25.1. The smallest absolute Gasteiger partial charge is 0.744 e. The summed E-state index contributed by atoms with van der Waals surface area (Å²) in [5.41, 5.74) is 5.03. The van der Waals surface area contributed by atoms with E-state index in [0.717, 1.165) is 23.1 Å². The molecule has 0 radical (unpaired) electrons. The van der Waals surface area contributed by atoms with E-state index >= 15 is 0 Å². The SMILES string of the molecule is Nc1c(S(=O)(=O)[O-])cc2c3c(cc(S(=O)(=O)[O-])cc13)C(=O)N(Cc1ccccc1)C2=O.[K+].[K+]. The molecule has 0 aliphatic carbocycles. The number of carbonyl (C=O) groups is 2. The molecule has 1 aliphatic heterocycles. The van der Waals surface area contributed by atoms with Crippen LogP contribution in [0.15, 0.2) is 58.3 Å². The molecule has 0 aromatic heterocycles. The zero-order valence-electron chi connectivity index (χ0n) is 17.4. The second kappa shape index (κ2) is 10.5. The summed E-state index contributed by atoms with van der Waals surface area (Å²) in [5.74, 6) is -1.79. The molecule has 33 heavy (non-hydrogen) atoms. The fourth-order valence-electron chi connectivity index (χ4n) is 3.51. The summed E-state index contributed by atoms with van der Waals surface area (Å²) in [6, 6.07) is 10.7. The molecule has 4 rings (SSSR count). The predicted molar refractivity (Wildman–Crippen MR) is 105 cm³/mol. The normalized spacial score (nSPS) is 13.5. The van der Waals surface area contributed by atoms with E-state index in [9.17, 15) is 35.5 Å². The van der Waals surface area contributed by atoms with Crippen molar-refractivity contribution in [3.05, 3.63) is 65.2 Å². The number of anilines is 1. The first-order valence-corrected chi connectivity index (χ1v) is 11.4. The zero-order valence-corrected chi connectivity index (χ0v) is 25.3. The number of nitrogens with two attached hydrogens (primary N) is 1. The van der Waals surface area contributed by atoms with Crippen LogP contribution in [0.25, 0.3) is 10.8 Å². The van der Waals surface area contributed by atoms with Crippen LogP contribution < -0.4 is 109 Å². The molecule has 0 unspecified atom stereocenters. The monoisotopic (exact) mass is 538 g/mol. The Morgan fingerprint density at radius 2 is 1.36 bits per heavy atom. The van der Waals surface area contributed by atoms with Gasteiger partial charge in [0.25, 0.3) is 11.8 Å². The first-order valence-electron chi connectivity index (χ1n) is 8.61. The summed E-state index contributed by atoms with van der Waals surface area (Å²) < 4.78 is 69.9. The average Bonchev–Trinajstić information content (AvgIpc) is 2.69. The van der Waals surface area contributed by atoms with Gasteiger partial charge in [-0.05, 0) is 23.8 Å². The maximum atomic E-state index is 13.1. The van der Waals surface area contributed by atoms with Crippen molar-refractivity contribution in [3.8, 4) is 0 Å². The molecule has 3 aromatic carbocycles. The van der Waals surface area contributed by atoms with Crippen LogP contribution in [-0.2, 0) is 26.8 Å². The van der Waals surface area contributed by atoms with Crippen molar-refractivity contribution in [1.29, 1.82) is 0 Å². The Morgan fingerprint density at radius 1 is 0.818 bits per heavy atom. The predicted octanol–water partition coefficient (Wildman–Crippen LogP) is -4.97. The Hall–Kier alpha value is -0.0473. The fraction of sp³-hybridized carbons (Fsp3) is 0.0526. The Balaban J connectivity index is 0.00000193. The van der Waals surface area contributed by atoms with Crippen LogP contribution in [0.4, 0.5) is 5.69 Å². The molecule has 0 spiro atoms. The van der Waals surface area contributed by atoms with Crippen molar-refractivity contribution in [2.24, 2.45) is 0 Å². The molecule has 3 aromatic rings. The third-order valence-electron chi connectivity index (χ3n) is 4.90. The van der Waals surface area contributed by atoms with E-state index in [4.69, 9.17) is 5.73 Å². The van der Waals surface area contributed by atoms with Crippen LogP contribution in [0.2, 0.25) is 0 Å². The van der Waals surface area contributed by atoms with Gasteiger partial charge in [-0.3, -0.25) is 14.5 Å². The second-order valence-electron chi connectivity index (χ2n) is 6.82. The number of nitrogen functional groups attached to an aromatic ring is 1. The van der Waals surface area contributed by atoms with Crippen molar-refractivity contribution in [1.82, 2.24) is 4.90 Å². The summed E-state index contributed by atoms with van der Waals surface area (Å²) >= 11 is 0. The van der Waals surface area contributed by atoms with Gasteiger partial charge >= 0.3 is 103 Å². The molecular formula is C19H12K2N2O8S2. The maximum absolute atomic E-state index is 13.1. The van der Waals surface area contributed by atoms with Gasteiger partial charge in [0.1, 0.15) is 20.2 Å². The molecule has 160 valence electrons. The molecule has 1 heterocycles. The van der Waals surface area contributed by atoms with Gasteiger partial charge in [-0.1, -0.05) is 30.3 Å². The molecule has 0 atom stereocenters. The third kappa shape index (κ3) is 5.54. The number of amides is 2. The van der Waals surface area contributed by atoms with E-state index in [1.54, 1.807) is 30.3 Å². The van der Waals surface area contributed by atoms with Gasteiger partial charge in [0.15, 0.2) is 0 Å². The molecule has 2 N–H and O–H groups in total.